The summed E-state index contributed by atoms with van der Waals surface area (Å²) in [5.41, 5.74) is 4.91. The van der Waals surface area contributed by atoms with E-state index < -0.39 is 0 Å². The van der Waals surface area contributed by atoms with Crippen molar-refractivity contribution in [2.45, 2.75) is 31.6 Å². The fourth-order valence-corrected chi connectivity index (χ4v) is 7.48. The Morgan fingerprint density at radius 1 is 1.07 bits per heavy atom. The summed E-state index contributed by atoms with van der Waals surface area (Å²) in [5, 5.41) is 4.16. The third-order valence-corrected chi connectivity index (χ3v) is 9.45. The number of benzene rings is 3. The SMILES string of the molecule is Cc1ccc(-n2c(SCC(=O)Nc3cccc(Br)c3)nc3sc4c(c3c2=O)CCN(Cc2ccccc2)C4)cc1. The Labute approximate surface area is 249 Å². The average molecular weight is 632 g/mol. The number of aromatic nitrogens is 2. The molecule has 6 rings (SSSR count). The number of hydrogen-bond acceptors (Lipinski definition) is 6. The van der Waals surface area contributed by atoms with E-state index in [0.29, 0.717) is 16.2 Å². The van der Waals surface area contributed by atoms with E-state index in [4.69, 9.17) is 4.98 Å². The Hall–Kier alpha value is -3.24. The van der Waals surface area contributed by atoms with Gasteiger partial charge in [-0.25, -0.2) is 4.98 Å². The van der Waals surface area contributed by atoms with Gasteiger partial charge in [-0.15, -0.1) is 11.3 Å². The minimum absolute atomic E-state index is 0.0715. The van der Waals surface area contributed by atoms with Crippen LogP contribution in [0.1, 0.15) is 21.6 Å². The van der Waals surface area contributed by atoms with E-state index in [1.165, 1.54) is 22.2 Å². The zero-order chi connectivity index (χ0) is 27.6. The number of halogens is 1. The maximum atomic E-state index is 14.1. The van der Waals surface area contributed by atoms with Gasteiger partial charge in [0.25, 0.3) is 5.56 Å². The molecule has 1 aliphatic rings. The van der Waals surface area contributed by atoms with Crippen molar-refractivity contribution in [2.24, 2.45) is 0 Å². The van der Waals surface area contributed by atoms with E-state index >= 15 is 0 Å². The van der Waals surface area contributed by atoms with E-state index in [1.54, 1.807) is 15.9 Å². The van der Waals surface area contributed by atoms with Crippen LogP contribution in [-0.4, -0.2) is 32.7 Å². The number of hydrogen-bond donors (Lipinski definition) is 1. The van der Waals surface area contributed by atoms with E-state index in [9.17, 15) is 9.59 Å². The largest absolute Gasteiger partial charge is 0.325 e. The number of thioether (sulfide) groups is 1. The molecule has 0 atom stereocenters. The summed E-state index contributed by atoms with van der Waals surface area (Å²) in [6, 6.07) is 25.8. The Bertz CT molecular complexity index is 1750. The molecule has 2 aromatic heterocycles. The van der Waals surface area contributed by atoms with Crippen molar-refractivity contribution in [3.8, 4) is 5.69 Å². The topological polar surface area (TPSA) is 67.2 Å². The first-order valence-electron chi connectivity index (χ1n) is 13.0. The van der Waals surface area contributed by atoms with Crippen LogP contribution in [0, 0.1) is 6.92 Å². The van der Waals surface area contributed by atoms with E-state index in [1.807, 2.05) is 61.5 Å². The number of carbonyl (C=O) groups excluding carboxylic acids is 1. The molecule has 6 nitrogen and oxygen atoms in total. The van der Waals surface area contributed by atoms with Crippen molar-refractivity contribution in [3.05, 3.63) is 115 Å². The van der Waals surface area contributed by atoms with E-state index in [2.05, 4.69) is 50.4 Å². The van der Waals surface area contributed by atoms with Gasteiger partial charge in [0.15, 0.2) is 5.16 Å². The molecule has 9 heteroatoms. The number of thiophene rings is 1. The lowest BCUT2D eigenvalue weighted by molar-refractivity contribution is -0.113. The number of fused-ring (bicyclic) bond motifs is 3. The van der Waals surface area contributed by atoms with Crippen molar-refractivity contribution in [2.75, 3.05) is 17.6 Å². The minimum atomic E-state index is -0.157. The molecular formula is C31H27BrN4O2S2. The van der Waals surface area contributed by atoms with Crippen LogP contribution in [0.4, 0.5) is 5.69 Å². The van der Waals surface area contributed by atoms with E-state index in [-0.39, 0.29) is 17.2 Å². The van der Waals surface area contributed by atoms with Crippen LogP contribution in [-0.2, 0) is 24.3 Å². The second-order valence-electron chi connectivity index (χ2n) is 9.85. The summed E-state index contributed by atoms with van der Waals surface area (Å²) in [4.78, 5) is 36.3. The zero-order valence-electron chi connectivity index (χ0n) is 21.9. The number of rotatable bonds is 7. The highest BCUT2D eigenvalue weighted by Crippen LogP contribution is 2.35. The normalized spacial score (nSPS) is 13.3. The van der Waals surface area contributed by atoms with Crippen molar-refractivity contribution < 1.29 is 4.79 Å². The summed E-state index contributed by atoms with van der Waals surface area (Å²) in [5.74, 6) is -0.0263. The summed E-state index contributed by atoms with van der Waals surface area (Å²) >= 11 is 6.32. The van der Waals surface area contributed by atoms with Gasteiger partial charge in [-0.2, -0.15) is 0 Å². The molecule has 0 saturated heterocycles. The van der Waals surface area contributed by atoms with Crippen molar-refractivity contribution >= 4 is 60.8 Å². The quantitative estimate of drug-likeness (QED) is 0.158. The molecule has 202 valence electrons. The van der Waals surface area contributed by atoms with Gasteiger partial charge >= 0.3 is 0 Å². The van der Waals surface area contributed by atoms with Gasteiger partial charge in [0.2, 0.25) is 5.91 Å². The molecule has 0 radical (unpaired) electrons. The lowest BCUT2D eigenvalue weighted by Gasteiger charge is -2.26. The van der Waals surface area contributed by atoms with Crippen LogP contribution in [0.5, 0.6) is 0 Å². The molecule has 40 heavy (non-hydrogen) atoms. The molecule has 0 unspecified atom stereocenters. The first-order chi connectivity index (χ1) is 19.4. The highest BCUT2D eigenvalue weighted by molar-refractivity contribution is 9.10. The third kappa shape index (κ3) is 5.78. The number of carbonyl (C=O) groups is 1. The first-order valence-corrected chi connectivity index (χ1v) is 15.6. The molecular weight excluding hydrogens is 604 g/mol. The number of amides is 1. The second-order valence-corrected chi connectivity index (χ2v) is 12.8. The Morgan fingerprint density at radius 3 is 2.65 bits per heavy atom. The molecule has 5 aromatic rings. The van der Waals surface area contributed by atoms with Crippen LogP contribution >= 0.6 is 39.0 Å². The molecule has 3 heterocycles. The lowest BCUT2D eigenvalue weighted by atomic mass is 10.0. The molecule has 0 aliphatic carbocycles. The first kappa shape index (κ1) is 27.0. The van der Waals surface area contributed by atoms with Crippen molar-refractivity contribution in [3.63, 3.8) is 0 Å². The second kappa shape index (κ2) is 11.7. The maximum absolute atomic E-state index is 14.1. The van der Waals surface area contributed by atoms with Crippen molar-refractivity contribution in [1.29, 1.82) is 0 Å². The molecule has 0 saturated carbocycles. The standard InChI is InChI=1S/C31H27BrN4O2S2/c1-20-10-12-24(13-11-20)36-30(38)28-25-14-15-35(17-21-6-3-2-4-7-21)18-26(25)40-29(28)34-31(36)39-19-27(37)33-23-9-5-8-22(32)16-23/h2-13,16H,14-15,17-19H2,1H3,(H,33,37). The van der Waals surface area contributed by atoms with Gasteiger partial charge in [0, 0.05) is 34.7 Å². The molecule has 1 amide bonds. The fourth-order valence-electron chi connectivity index (χ4n) is 4.97. The molecule has 3 aromatic carbocycles. The van der Waals surface area contributed by atoms with Crippen LogP contribution in [0.2, 0.25) is 0 Å². The summed E-state index contributed by atoms with van der Waals surface area (Å²) in [7, 11) is 0. The van der Waals surface area contributed by atoms with Crippen LogP contribution in [0.25, 0.3) is 15.9 Å². The van der Waals surface area contributed by atoms with Gasteiger partial charge < -0.3 is 5.32 Å². The van der Waals surface area contributed by atoms with Crippen LogP contribution < -0.4 is 10.9 Å². The third-order valence-electron chi connectivity index (χ3n) is 6.90. The molecule has 0 spiro atoms. The molecule has 1 N–H and O–H groups in total. The smallest absolute Gasteiger partial charge is 0.267 e. The van der Waals surface area contributed by atoms with Gasteiger partial charge in [-0.05, 0) is 54.8 Å². The predicted molar refractivity (Wildman–Crippen MR) is 168 cm³/mol. The zero-order valence-corrected chi connectivity index (χ0v) is 25.1. The highest BCUT2D eigenvalue weighted by Gasteiger charge is 2.26. The van der Waals surface area contributed by atoms with Crippen molar-refractivity contribution in [1.82, 2.24) is 14.5 Å². The Morgan fingerprint density at radius 2 is 1.88 bits per heavy atom. The average Bonchev–Trinajstić information content (AvgIpc) is 3.31. The van der Waals surface area contributed by atoms with Gasteiger partial charge in [0.1, 0.15) is 4.83 Å². The Kier molecular flexibility index (Phi) is 7.89. The molecule has 1 aliphatic heterocycles. The predicted octanol–water partition coefficient (Wildman–Crippen LogP) is 6.81. The van der Waals surface area contributed by atoms with E-state index in [0.717, 1.165) is 52.2 Å². The number of nitrogens with zero attached hydrogens (tertiary/aromatic N) is 3. The lowest BCUT2D eigenvalue weighted by Crippen LogP contribution is -2.30. The summed E-state index contributed by atoms with van der Waals surface area (Å²) in [6.07, 6.45) is 0.814. The van der Waals surface area contributed by atoms with Crippen LogP contribution in [0.3, 0.4) is 0 Å². The summed E-state index contributed by atoms with van der Waals surface area (Å²) in [6.45, 7) is 4.59. The minimum Gasteiger partial charge on any atom is -0.325 e. The molecule has 0 bridgehead atoms. The van der Waals surface area contributed by atoms with Gasteiger partial charge in [0.05, 0.1) is 16.8 Å². The number of aryl methyl sites for hydroxylation is 1. The number of nitrogens with one attached hydrogen (secondary N) is 1. The van der Waals surface area contributed by atoms with Gasteiger partial charge in [-0.1, -0.05) is 81.8 Å². The fraction of sp³-hybridized carbons (Fsp3) is 0.194. The van der Waals surface area contributed by atoms with Gasteiger partial charge in [-0.3, -0.25) is 19.1 Å². The summed E-state index contributed by atoms with van der Waals surface area (Å²) < 4.78 is 2.56. The maximum Gasteiger partial charge on any atom is 0.267 e. The monoisotopic (exact) mass is 630 g/mol. The Balaban J connectivity index is 1.33. The van der Waals surface area contributed by atoms with Crippen LogP contribution in [0.15, 0.2) is 93.3 Å². The highest BCUT2D eigenvalue weighted by atomic mass is 79.9. The molecule has 0 fully saturated rings. The number of anilines is 1.